The molecule has 2 rings (SSSR count). The Morgan fingerprint density at radius 2 is 2.29 bits per heavy atom. The molecule has 0 bridgehead atoms. The Morgan fingerprint density at radius 3 is 2.90 bits per heavy atom. The van der Waals surface area contributed by atoms with Gasteiger partial charge >= 0.3 is 5.97 Å². The fourth-order valence-corrected chi connectivity index (χ4v) is 2.48. The van der Waals surface area contributed by atoms with Crippen LogP contribution in [0.4, 0.5) is 0 Å². The lowest BCUT2D eigenvalue weighted by molar-refractivity contribution is -0.141. The van der Waals surface area contributed by atoms with Gasteiger partial charge in [-0.2, -0.15) is 0 Å². The van der Waals surface area contributed by atoms with Crippen molar-refractivity contribution in [3.63, 3.8) is 0 Å². The Bertz CT molecular complexity index is 509. The first-order valence-corrected chi connectivity index (χ1v) is 7.20. The van der Waals surface area contributed by atoms with Crippen LogP contribution >= 0.6 is 0 Å². The molecule has 1 saturated heterocycles. The van der Waals surface area contributed by atoms with Crippen molar-refractivity contribution in [3.8, 4) is 0 Å². The Morgan fingerprint density at radius 1 is 1.48 bits per heavy atom. The highest BCUT2D eigenvalue weighted by atomic mass is 16.5. The van der Waals surface area contributed by atoms with Crippen molar-refractivity contribution >= 4 is 11.9 Å². The van der Waals surface area contributed by atoms with Gasteiger partial charge in [0.05, 0.1) is 18.4 Å². The van der Waals surface area contributed by atoms with Gasteiger partial charge in [0.2, 0.25) is 5.91 Å². The Labute approximate surface area is 124 Å². The molecule has 5 heteroatoms. The van der Waals surface area contributed by atoms with Gasteiger partial charge in [-0.15, -0.1) is 0 Å². The minimum absolute atomic E-state index is 0.108. The Kier molecular flexibility index (Phi) is 5.33. The molecular weight excluding hydrogens is 270 g/mol. The van der Waals surface area contributed by atoms with Gasteiger partial charge in [-0.25, -0.2) is 0 Å². The van der Waals surface area contributed by atoms with E-state index in [1.165, 1.54) is 0 Å². The minimum atomic E-state index is -0.889. The summed E-state index contributed by atoms with van der Waals surface area (Å²) >= 11 is 0. The van der Waals surface area contributed by atoms with E-state index >= 15 is 0 Å². The third kappa shape index (κ3) is 4.56. The van der Waals surface area contributed by atoms with Crippen LogP contribution in [0.25, 0.3) is 0 Å². The normalized spacial score (nSPS) is 19.2. The van der Waals surface area contributed by atoms with E-state index in [1.54, 1.807) is 0 Å². The molecule has 0 radical (unpaired) electrons. The van der Waals surface area contributed by atoms with Crippen LogP contribution < -0.4 is 5.32 Å². The SMILES string of the molecule is Cc1cccc(C[C@H](CNC(=O)[C@H]2CCOC2)C(=O)O)c1. The predicted molar refractivity (Wildman–Crippen MR) is 77.9 cm³/mol. The summed E-state index contributed by atoms with van der Waals surface area (Å²) in [5, 5.41) is 12.0. The molecule has 0 spiro atoms. The third-order valence-corrected chi connectivity index (χ3v) is 3.74. The minimum Gasteiger partial charge on any atom is -0.481 e. The maximum Gasteiger partial charge on any atom is 0.308 e. The van der Waals surface area contributed by atoms with E-state index in [9.17, 15) is 14.7 Å². The van der Waals surface area contributed by atoms with Crippen LogP contribution in [0.1, 0.15) is 17.5 Å². The fraction of sp³-hybridized carbons (Fsp3) is 0.500. The van der Waals surface area contributed by atoms with E-state index in [1.807, 2.05) is 31.2 Å². The molecule has 21 heavy (non-hydrogen) atoms. The van der Waals surface area contributed by atoms with Gasteiger partial charge < -0.3 is 15.2 Å². The number of benzene rings is 1. The molecule has 0 aliphatic carbocycles. The number of rotatable bonds is 6. The largest absolute Gasteiger partial charge is 0.481 e. The topological polar surface area (TPSA) is 75.6 Å². The van der Waals surface area contributed by atoms with Gasteiger partial charge in [0.1, 0.15) is 0 Å². The number of carboxylic acid groups (broad SMARTS) is 1. The summed E-state index contributed by atoms with van der Waals surface area (Å²) in [6.07, 6.45) is 1.12. The van der Waals surface area contributed by atoms with Crippen LogP contribution in [-0.2, 0) is 20.7 Å². The standard InChI is InChI=1S/C16H21NO4/c1-11-3-2-4-12(7-11)8-14(16(19)20)9-17-15(18)13-5-6-21-10-13/h2-4,7,13-14H,5-6,8-10H2,1H3,(H,17,18)(H,19,20)/t13-,14+/m0/s1. The number of amides is 1. The molecule has 2 N–H and O–H groups in total. The molecule has 0 saturated carbocycles. The number of hydrogen-bond acceptors (Lipinski definition) is 3. The van der Waals surface area contributed by atoms with Gasteiger partial charge in [-0.1, -0.05) is 29.8 Å². The van der Waals surface area contributed by atoms with Gasteiger partial charge in [-0.3, -0.25) is 9.59 Å². The Balaban J connectivity index is 1.90. The molecule has 5 nitrogen and oxygen atoms in total. The van der Waals surface area contributed by atoms with Crippen molar-refractivity contribution in [2.24, 2.45) is 11.8 Å². The summed E-state index contributed by atoms with van der Waals surface area (Å²) < 4.78 is 5.16. The molecule has 2 atom stereocenters. The first kappa shape index (κ1) is 15.5. The zero-order chi connectivity index (χ0) is 15.2. The molecule has 114 valence electrons. The van der Waals surface area contributed by atoms with Gasteiger partial charge in [-0.05, 0) is 25.3 Å². The lowest BCUT2D eigenvalue weighted by Gasteiger charge is -2.15. The molecule has 1 amide bonds. The van der Waals surface area contributed by atoms with Crippen molar-refractivity contribution in [1.29, 1.82) is 0 Å². The van der Waals surface area contributed by atoms with Crippen LogP contribution in [0.5, 0.6) is 0 Å². The molecule has 1 aromatic carbocycles. The molecule has 0 aromatic heterocycles. The number of aliphatic carboxylic acids is 1. The summed E-state index contributed by atoms with van der Waals surface area (Å²) in [4.78, 5) is 23.2. The van der Waals surface area contributed by atoms with Gasteiger partial charge in [0, 0.05) is 13.2 Å². The molecular formula is C16H21NO4. The van der Waals surface area contributed by atoms with E-state index in [2.05, 4.69) is 5.32 Å². The van der Waals surface area contributed by atoms with Crippen molar-refractivity contribution < 1.29 is 19.4 Å². The number of carboxylic acids is 1. The smallest absolute Gasteiger partial charge is 0.308 e. The lowest BCUT2D eigenvalue weighted by atomic mass is 9.98. The summed E-state index contributed by atoms with van der Waals surface area (Å²) in [7, 11) is 0. The van der Waals surface area contributed by atoms with Crippen molar-refractivity contribution in [3.05, 3.63) is 35.4 Å². The Hall–Kier alpha value is -1.88. The monoisotopic (exact) mass is 291 g/mol. The van der Waals surface area contributed by atoms with Crippen molar-refractivity contribution in [2.45, 2.75) is 19.8 Å². The number of carbonyl (C=O) groups is 2. The maximum atomic E-state index is 11.9. The first-order chi connectivity index (χ1) is 10.1. The molecule has 1 fully saturated rings. The number of ether oxygens (including phenoxy) is 1. The second-order valence-electron chi connectivity index (χ2n) is 5.53. The summed E-state index contributed by atoms with van der Waals surface area (Å²) in [5.74, 6) is -1.75. The first-order valence-electron chi connectivity index (χ1n) is 7.20. The van der Waals surface area contributed by atoms with E-state index in [-0.39, 0.29) is 18.4 Å². The zero-order valence-corrected chi connectivity index (χ0v) is 12.2. The highest BCUT2D eigenvalue weighted by Gasteiger charge is 2.25. The third-order valence-electron chi connectivity index (χ3n) is 3.74. The summed E-state index contributed by atoms with van der Waals surface area (Å²) in [6, 6.07) is 7.78. The second-order valence-corrected chi connectivity index (χ2v) is 5.53. The average Bonchev–Trinajstić information content (AvgIpc) is 2.97. The van der Waals surface area contributed by atoms with Crippen molar-refractivity contribution in [2.75, 3.05) is 19.8 Å². The highest BCUT2D eigenvalue weighted by Crippen LogP contribution is 2.14. The van der Waals surface area contributed by atoms with Crippen LogP contribution in [-0.4, -0.2) is 36.7 Å². The van der Waals surface area contributed by atoms with Crippen LogP contribution in [0.2, 0.25) is 0 Å². The lowest BCUT2D eigenvalue weighted by Crippen LogP contribution is -2.37. The van der Waals surface area contributed by atoms with Gasteiger partial charge in [0.25, 0.3) is 0 Å². The van der Waals surface area contributed by atoms with E-state index in [4.69, 9.17) is 4.74 Å². The summed E-state index contributed by atoms with van der Waals surface area (Å²) in [6.45, 7) is 3.16. The van der Waals surface area contributed by atoms with Crippen LogP contribution in [0, 0.1) is 18.8 Å². The second kappa shape index (κ2) is 7.22. The van der Waals surface area contributed by atoms with E-state index < -0.39 is 11.9 Å². The number of hydrogen-bond donors (Lipinski definition) is 2. The average molecular weight is 291 g/mol. The van der Waals surface area contributed by atoms with Gasteiger partial charge in [0.15, 0.2) is 0 Å². The highest BCUT2D eigenvalue weighted by molar-refractivity contribution is 5.80. The van der Waals surface area contributed by atoms with Crippen LogP contribution in [0.3, 0.4) is 0 Å². The van der Waals surface area contributed by atoms with Crippen molar-refractivity contribution in [1.82, 2.24) is 5.32 Å². The fourth-order valence-electron chi connectivity index (χ4n) is 2.48. The number of nitrogens with one attached hydrogen (secondary N) is 1. The molecule has 0 unspecified atom stereocenters. The molecule has 1 aliphatic rings. The molecule has 1 aliphatic heterocycles. The zero-order valence-electron chi connectivity index (χ0n) is 12.2. The van der Waals surface area contributed by atoms with Crippen LogP contribution in [0.15, 0.2) is 24.3 Å². The molecule has 1 heterocycles. The number of aryl methyl sites for hydroxylation is 1. The summed E-state index contributed by atoms with van der Waals surface area (Å²) in [5.41, 5.74) is 2.07. The van der Waals surface area contributed by atoms with E-state index in [0.29, 0.717) is 26.1 Å². The quantitative estimate of drug-likeness (QED) is 0.830. The maximum absolute atomic E-state index is 11.9. The number of carbonyl (C=O) groups excluding carboxylic acids is 1. The molecule has 1 aromatic rings. The predicted octanol–water partition coefficient (Wildman–Crippen LogP) is 1.39. The van der Waals surface area contributed by atoms with E-state index in [0.717, 1.165) is 11.1 Å².